The van der Waals surface area contributed by atoms with Crippen molar-refractivity contribution in [1.82, 2.24) is 0 Å². The molecular weight excluding hydrogens is 346 g/mol. The molecule has 0 bridgehead atoms. The first-order chi connectivity index (χ1) is 13.3. The Hall–Kier alpha value is -3.67. The van der Waals surface area contributed by atoms with Crippen LogP contribution in [-0.4, -0.2) is 19.3 Å². The number of benzene rings is 3. The molecule has 0 spiro atoms. The highest BCUT2D eigenvalue weighted by atomic mass is 16.7. The Morgan fingerprint density at radius 1 is 0.926 bits per heavy atom. The van der Waals surface area contributed by atoms with Crippen molar-refractivity contribution >= 4 is 33.5 Å². The average molecular weight is 361 g/mol. The Labute approximate surface area is 154 Å². The van der Waals surface area contributed by atoms with Crippen LogP contribution in [0.15, 0.2) is 65.1 Å². The SMILES string of the molecule is O=C(COc1ccc2oc3ccccc3c2c1)Nc1ccc2c(c1)OCO2. The number of amides is 1. The van der Waals surface area contributed by atoms with Crippen LogP contribution in [0.2, 0.25) is 0 Å². The summed E-state index contributed by atoms with van der Waals surface area (Å²) < 4.78 is 22.0. The smallest absolute Gasteiger partial charge is 0.262 e. The van der Waals surface area contributed by atoms with Gasteiger partial charge in [0.25, 0.3) is 5.91 Å². The van der Waals surface area contributed by atoms with E-state index in [1.165, 1.54) is 0 Å². The average Bonchev–Trinajstić information content (AvgIpc) is 3.30. The summed E-state index contributed by atoms with van der Waals surface area (Å²) in [7, 11) is 0. The largest absolute Gasteiger partial charge is 0.484 e. The lowest BCUT2D eigenvalue weighted by molar-refractivity contribution is -0.118. The highest BCUT2D eigenvalue weighted by Gasteiger charge is 2.14. The molecule has 0 atom stereocenters. The van der Waals surface area contributed by atoms with Crippen LogP contribution < -0.4 is 19.5 Å². The van der Waals surface area contributed by atoms with E-state index in [2.05, 4.69) is 5.32 Å². The Kier molecular flexibility index (Phi) is 3.60. The molecule has 2 heterocycles. The lowest BCUT2D eigenvalue weighted by Crippen LogP contribution is -2.20. The molecular formula is C21H15NO5. The van der Waals surface area contributed by atoms with Gasteiger partial charge in [-0.3, -0.25) is 4.79 Å². The van der Waals surface area contributed by atoms with E-state index in [1.807, 2.05) is 36.4 Å². The van der Waals surface area contributed by atoms with E-state index in [0.29, 0.717) is 22.9 Å². The van der Waals surface area contributed by atoms with Gasteiger partial charge in [-0.25, -0.2) is 0 Å². The number of hydrogen-bond acceptors (Lipinski definition) is 5. The topological polar surface area (TPSA) is 69.9 Å². The summed E-state index contributed by atoms with van der Waals surface area (Å²) in [5, 5.41) is 4.76. The first-order valence-electron chi connectivity index (χ1n) is 8.50. The lowest BCUT2D eigenvalue weighted by Gasteiger charge is -2.08. The summed E-state index contributed by atoms with van der Waals surface area (Å²) in [4.78, 5) is 12.2. The maximum Gasteiger partial charge on any atom is 0.262 e. The molecule has 6 nitrogen and oxygen atoms in total. The second-order valence-corrected chi connectivity index (χ2v) is 6.16. The number of para-hydroxylation sites is 1. The fourth-order valence-corrected chi connectivity index (χ4v) is 3.12. The molecule has 0 aliphatic carbocycles. The predicted molar refractivity (Wildman–Crippen MR) is 100 cm³/mol. The second kappa shape index (κ2) is 6.25. The highest BCUT2D eigenvalue weighted by molar-refractivity contribution is 6.05. The number of rotatable bonds is 4. The zero-order valence-corrected chi connectivity index (χ0v) is 14.2. The summed E-state index contributed by atoms with van der Waals surface area (Å²) in [5.74, 6) is 1.64. The quantitative estimate of drug-likeness (QED) is 0.586. The minimum absolute atomic E-state index is 0.101. The van der Waals surface area contributed by atoms with Crippen LogP contribution in [0.5, 0.6) is 17.2 Å². The molecule has 0 saturated carbocycles. The van der Waals surface area contributed by atoms with E-state index < -0.39 is 0 Å². The van der Waals surface area contributed by atoms with E-state index in [0.717, 1.165) is 21.9 Å². The molecule has 1 aliphatic rings. The van der Waals surface area contributed by atoms with Crippen molar-refractivity contribution in [3.8, 4) is 17.2 Å². The summed E-state index contributed by atoms with van der Waals surface area (Å²) >= 11 is 0. The van der Waals surface area contributed by atoms with Crippen LogP contribution in [0.25, 0.3) is 21.9 Å². The lowest BCUT2D eigenvalue weighted by atomic mass is 10.1. The molecule has 1 aliphatic heterocycles. The van der Waals surface area contributed by atoms with Gasteiger partial charge >= 0.3 is 0 Å². The molecule has 6 heteroatoms. The number of carbonyl (C=O) groups excluding carboxylic acids is 1. The van der Waals surface area contributed by atoms with Crippen LogP contribution in [-0.2, 0) is 4.79 Å². The first-order valence-corrected chi connectivity index (χ1v) is 8.50. The number of anilines is 1. The monoisotopic (exact) mass is 361 g/mol. The van der Waals surface area contributed by atoms with Gasteiger partial charge in [0.1, 0.15) is 16.9 Å². The minimum atomic E-state index is -0.258. The number of furan rings is 1. The van der Waals surface area contributed by atoms with Crippen LogP contribution in [0.1, 0.15) is 0 Å². The van der Waals surface area contributed by atoms with E-state index in [4.69, 9.17) is 18.6 Å². The maximum absolute atomic E-state index is 12.2. The van der Waals surface area contributed by atoms with Gasteiger partial charge < -0.3 is 23.9 Å². The second-order valence-electron chi connectivity index (χ2n) is 6.16. The molecule has 27 heavy (non-hydrogen) atoms. The Bertz CT molecular complexity index is 1160. The Morgan fingerprint density at radius 2 is 1.78 bits per heavy atom. The molecule has 0 fully saturated rings. The Morgan fingerprint density at radius 3 is 2.74 bits per heavy atom. The van der Waals surface area contributed by atoms with Crippen molar-refractivity contribution in [2.75, 3.05) is 18.7 Å². The zero-order chi connectivity index (χ0) is 18.2. The normalized spacial score (nSPS) is 12.4. The summed E-state index contributed by atoms with van der Waals surface area (Å²) in [5.41, 5.74) is 2.24. The van der Waals surface area contributed by atoms with Gasteiger partial charge in [0.05, 0.1) is 0 Å². The molecule has 0 unspecified atom stereocenters. The molecule has 134 valence electrons. The number of fused-ring (bicyclic) bond motifs is 4. The molecule has 4 aromatic rings. The Balaban J connectivity index is 1.29. The third kappa shape index (κ3) is 2.91. The number of hydrogen-bond donors (Lipinski definition) is 1. The van der Waals surface area contributed by atoms with Gasteiger partial charge in [-0.1, -0.05) is 18.2 Å². The maximum atomic E-state index is 12.2. The summed E-state index contributed by atoms with van der Waals surface area (Å²) in [6, 6.07) is 18.6. The van der Waals surface area contributed by atoms with E-state index >= 15 is 0 Å². The molecule has 1 amide bonds. The van der Waals surface area contributed by atoms with Crippen molar-refractivity contribution in [3.63, 3.8) is 0 Å². The van der Waals surface area contributed by atoms with Gasteiger partial charge in [-0.2, -0.15) is 0 Å². The van der Waals surface area contributed by atoms with E-state index in [9.17, 15) is 4.79 Å². The van der Waals surface area contributed by atoms with E-state index in [-0.39, 0.29) is 19.3 Å². The molecule has 3 aromatic carbocycles. The molecule has 0 radical (unpaired) electrons. The molecule has 1 N–H and O–H groups in total. The minimum Gasteiger partial charge on any atom is -0.484 e. The van der Waals surface area contributed by atoms with Crippen LogP contribution in [0.4, 0.5) is 5.69 Å². The van der Waals surface area contributed by atoms with Crippen LogP contribution in [0.3, 0.4) is 0 Å². The fraction of sp³-hybridized carbons (Fsp3) is 0.0952. The number of carbonyl (C=O) groups is 1. The standard InChI is InChI=1S/C21H15NO5/c23-21(22-13-5-7-19-20(9-13)26-12-25-19)11-24-14-6-8-18-16(10-14)15-3-1-2-4-17(15)27-18/h1-10H,11-12H2,(H,22,23). The van der Waals surface area contributed by atoms with Crippen molar-refractivity contribution < 1.29 is 23.4 Å². The van der Waals surface area contributed by atoms with Gasteiger partial charge in [0.15, 0.2) is 18.1 Å². The van der Waals surface area contributed by atoms with Crippen molar-refractivity contribution in [3.05, 3.63) is 60.7 Å². The van der Waals surface area contributed by atoms with Gasteiger partial charge in [0, 0.05) is 22.5 Å². The highest BCUT2D eigenvalue weighted by Crippen LogP contribution is 2.34. The van der Waals surface area contributed by atoms with Crippen LogP contribution in [0, 0.1) is 0 Å². The third-order valence-corrected chi connectivity index (χ3v) is 4.37. The molecule has 5 rings (SSSR count). The van der Waals surface area contributed by atoms with Gasteiger partial charge in [0.2, 0.25) is 6.79 Å². The van der Waals surface area contributed by atoms with Crippen molar-refractivity contribution in [2.24, 2.45) is 0 Å². The third-order valence-electron chi connectivity index (χ3n) is 4.37. The fourth-order valence-electron chi connectivity index (χ4n) is 3.12. The predicted octanol–water partition coefficient (Wildman–Crippen LogP) is 4.33. The zero-order valence-electron chi connectivity index (χ0n) is 14.2. The first kappa shape index (κ1) is 15.6. The van der Waals surface area contributed by atoms with Crippen molar-refractivity contribution in [1.29, 1.82) is 0 Å². The van der Waals surface area contributed by atoms with Crippen LogP contribution >= 0.6 is 0 Å². The molecule has 1 aromatic heterocycles. The van der Waals surface area contributed by atoms with E-state index in [1.54, 1.807) is 24.3 Å². The summed E-state index contributed by atoms with van der Waals surface area (Å²) in [6.07, 6.45) is 0. The van der Waals surface area contributed by atoms with Gasteiger partial charge in [-0.15, -0.1) is 0 Å². The van der Waals surface area contributed by atoms with Gasteiger partial charge in [-0.05, 0) is 36.4 Å². The summed E-state index contributed by atoms with van der Waals surface area (Å²) in [6.45, 7) is 0.0940. The van der Waals surface area contributed by atoms with Crippen molar-refractivity contribution in [2.45, 2.75) is 0 Å². The number of ether oxygens (including phenoxy) is 3. The number of nitrogens with one attached hydrogen (secondary N) is 1. The molecule has 0 saturated heterocycles.